The van der Waals surface area contributed by atoms with Crippen molar-refractivity contribution in [3.8, 4) is 0 Å². The Hall–Kier alpha value is -1.77. The third-order valence-electron chi connectivity index (χ3n) is 4.80. The van der Waals surface area contributed by atoms with Gasteiger partial charge >= 0.3 is 0 Å². The standard InChI is InChI=1S/C19H28N4O3S/c20-12-17(25)23-9-11-27-19(14-3-7-21-8-4-14)16(5-10-24)18(26)15-2-1-6-22-13-15/h1-2,6,10,13-14,16,19,21H,3-5,7-9,11-12,20H2,(H,23,25). The van der Waals surface area contributed by atoms with Crippen LogP contribution in [0, 0.1) is 11.8 Å². The monoisotopic (exact) mass is 392 g/mol. The highest BCUT2D eigenvalue weighted by atomic mass is 32.2. The van der Waals surface area contributed by atoms with E-state index in [1.807, 2.05) is 0 Å². The SMILES string of the molecule is NCC(=O)NCCSC(C1CCNCC1)C(CC=O)C(=O)c1cccnc1. The van der Waals surface area contributed by atoms with Gasteiger partial charge in [0.05, 0.1) is 6.54 Å². The molecule has 0 spiro atoms. The van der Waals surface area contributed by atoms with E-state index < -0.39 is 0 Å². The molecule has 8 heteroatoms. The third-order valence-corrected chi connectivity index (χ3v) is 6.34. The number of piperidine rings is 1. The molecular weight excluding hydrogens is 364 g/mol. The van der Waals surface area contributed by atoms with Crippen LogP contribution in [0.2, 0.25) is 0 Å². The van der Waals surface area contributed by atoms with Crippen molar-refractivity contribution in [1.82, 2.24) is 15.6 Å². The smallest absolute Gasteiger partial charge is 0.233 e. The highest BCUT2D eigenvalue weighted by molar-refractivity contribution is 8.00. The van der Waals surface area contributed by atoms with E-state index >= 15 is 0 Å². The molecule has 1 aromatic rings. The lowest BCUT2D eigenvalue weighted by atomic mass is 9.82. The van der Waals surface area contributed by atoms with Crippen LogP contribution in [0.1, 0.15) is 29.6 Å². The first-order valence-electron chi connectivity index (χ1n) is 9.34. The lowest BCUT2D eigenvalue weighted by Gasteiger charge is -2.34. The quantitative estimate of drug-likeness (QED) is 0.288. The number of aldehydes is 1. The Morgan fingerprint density at radius 2 is 2.19 bits per heavy atom. The van der Waals surface area contributed by atoms with Crippen molar-refractivity contribution < 1.29 is 14.4 Å². The number of aromatic nitrogens is 1. The summed E-state index contributed by atoms with van der Waals surface area (Å²) < 4.78 is 0. The van der Waals surface area contributed by atoms with E-state index in [4.69, 9.17) is 5.73 Å². The number of hydrogen-bond acceptors (Lipinski definition) is 7. The molecule has 1 aliphatic rings. The Bertz CT molecular complexity index is 608. The number of nitrogens with one attached hydrogen (secondary N) is 2. The average molecular weight is 393 g/mol. The molecule has 148 valence electrons. The minimum atomic E-state index is -0.384. The molecule has 2 unspecified atom stereocenters. The second-order valence-electron chi connectivity index (χ2n) is 6.59. The number of thioether (sulfide) groups is 1. The summed E-state index contributed by atoms with van der Waals surface area (Å²) in [7, 11) is 0. The first-order valence-corrected chi connectivity index (χ1v) is 10.4. The highest BCUT2D eigenvalue weighted by Crippen LogP contribution is 2.35. The molecule has 2 heterocycles. The van der Waals surface area contributed by atoms with Crippen LogP contribution in [0.15, 0.2) is 24.5 Å². The molecule has 1 fully saturated rings. The van der Waals surface area contributed by atoms with Gasteiger partial charge in [-0.25, -0.2) is 0 Å². The van der Waals surface area contributed by atoms with Crippen LogP contribution in [0.4, 0.5) is 0 Å². The maximum Gasteiger partial charge on any atom is 0.233 e. The molecule has 0 aromatic carbocycles. The fourth-order valence-corrected chi connectivity index (χ4v) is 4.93. The predicted octanol–water partition coefficient (Wildman–Crippen LogP) is 0.646. The number of amides is 1. The molecule has 1 aromatic heterocycles. The normalized spacial score (nSPS) is 17.1. The Kier molecular flexibility index (Phi) is 9.44. The van der Waals surface area contributed by atoms with Crippen molar-refractivity contribution in [2.75, 3.05) is 31.9 Å². The fraction of sp³-hybridized carbons (Fsp3) is 0.579. The van der Waals surface area contributed by atoms with Gasteiger partial charge in [0.25, 0.3) is 0 Å². The number of pyridine rings is 1. The van der Waals surface area contributed by atoms with Gasteiger partial charge in [-0.3, -0.25) is 14.6 Å². The minimum Gasteiger partial charge on any atom is -0.354 e. The number of nitrogens with two attached hydrogens (primary N) is 1. The first-order chi connectivity index (χ1) is 13.2. The zero-order chi connectivity index (χ0) is 19.5. The zero-order valence-electron chi connectivity index (χ0n) is 15.4. The van der Waals surface area contributed by atoms with Crippen LogP contribution in [0.5, 0.6) is 0 Å². The number of nitrogens with zero attached hydrogens (tertiary/aromatic N) is 1. The van der Waals surface area contributed by atoms with E-state index in [1.54, 1.807) is 36.3 Å². The molecule has 1 saturated heterocycles. The molecule has 0 aliphatic carbocycles. The zero-order valence-corrected chi connectivity index (χ0v) is 16.2. The van der Waals surface area contributed by atoms with Gasteiger partial charge in [-0.15, -0.1) is 0 Å². The van der Waals surface area contributed by atoms with Gasteiger partial charge in [-0.1, -0.05) is 0 Å². The Balaban J connectivity index is 2.12. The summed E-state index contributed by atoms with van der Waals surface area (Å²) >= 11 is 1.67. The van der Waals surface area contributed by atoms with Gasteiger partial charge < -0.3 is 21.2 Å². The molecule has 0 bridgehead atoms. The summed E-state index contributed by atoms with van der Waals surface area (Å²) in [4.78, 5) is 39.8. The van der Waals surface area contributed by atoms with Crippen LogP contribution in [-0.4, -0.2) is 60.1 Å². The predicted molar refractivity (Wildman–Crippen MR) is 107 cm³/mol. The first kappa shape index (κ1) is 21.5. The van der Waals surface area contributed by atoms with Gasteiger partial charge in [-0.05, 0) is 44.0 Å². The van der Waals surface area contributed by atoms with E-state index in [1.165, 1.54) is 0 Å². The Morgan fingerprint density at radius 3 is 2.81 bits per heavy atom. The molecule has 1 amide bonds. The number of ketones is 1. The van der Waals surface area contributed by atoms with Crippen molar-refractivity contribution in [3.63, 3.8) is 0 Å². The molecule has 4 N–H and O–H groups in total. The second kappa shape index (κ2) is 11.8. The van der Waals surface area contributed by atoms with Gasteiger partial charge in [0.15, 0.2) is 5.78 Å². The van der Waals surface area contributed by atoms with Gasteiger partial charge in [0.1, 0.15) is 6.29 Å². The molecule has 0 saturated carbocycles. The lowest BCUT2D eigenvalue weighted by Crippen LogP contribution is -2.40. The van der Waals surface area contributed by atoms with Crippen LogP contribution in [0.3, 0.4) is 0 Å². The number of carbonyl (C=O) groups is 3. The van der Waals surface area contributed by atoms with E-state index in [-0.39, 0.29) is 35.8 Å². The molecular formula is C19H28N4O3S. The van der Waals surface area contributed by atoms with E-state index in [9.17, 15) is 14.4 Å². The Labute approximate surface area is 164 Å². The topological polar surface area (TPSA) is 114 Å². The van der Waals surface area contributed by atoms with Gasteiger partial charge in [0.2, 0.25) is 5.91 Å². The lowest BCUT2D eigenvalue weighted by molar-refractivity contribution is -0.119. The van der Waals surface area contributed by atoms with Gasteiger partial charge in [-0.2, -0.15) is 11.8 Å². The van der Waals surface area contributed by atoms with Crippen LogP contribution in [0.25, 0.3) is 0 Å². The summed E-state index contributed by atoms with van der Waals surface area (Å²) in [5.74, 6) is 0.426. The summed E-state index contributed by atoms with van der Waals surface area (Å²) in [6.45, 7) is 2.30. The number of Topliss-reactive ketones (excluding diaryl/α,β-unsaturated/α-hetero) is 1. The molecule has 1 aliphatic heterocycles. The molecule has 2 atom stereocenters. The summed E-state index contributed by atoms with van der Waals surface area (Å²) in [5, 5.41) is 6.14. The largest absolute Gasteiger partial charge is 0.354 e. The van der Waals surface area contributed by atoms with Crippen LogP contribution in [-0.2, 0) is 9.59 Å². The summed E-state index contributed by atoms with van der Waals surface area (Å²) in [6, 6.07) is 3.49. The molecule has 27 heavy (non-hydrogen) atoms. The van der Waals surface area contributed by atoms with E-state index in [2.05, 4.69) is 15.6 Å². The maximum atomic E-state index is 13.1. The number of rotatable bonds is 11. The number of carbonyl (C=O) groups excluding carboxylic acids is 3. The summed E-state index contributed by atoms with van der Waals surface area (Å²) in [6.07, 6.45) is 6.18. The van der Waals surface area contributed by atoms with Crippen LogP contribution < -0.4 is 16.4 Å². The van der Waals surface area contributed by atoms with E-state index in [0.29, 0.717) is 23.8 Å². The fourth-order valence-electron chi connectivity index (χ4n) is 3.43. The molecule has 7 nitrogen and oxygen atoms in total. The highest BCUT2D eigenvalue weighted by Gasteiger charge is 2.35. The Morgan fingerprint density at radius 1 is 1.41 bits per heavy atom. The van der Waals surface area contributed by atoms with Crippen molar-refractivity contribution in [2.45, 2.75) is 24.5 Å². The minimum absolute atomic E-state index is 0.0276. The van der Waals surface area contributed by atoms with Crippen molar-refractivity contribution in [2.24, 2.45) is 17.6 Å². The van der Waals surface area contributed by atoms with Crippen molar-refractivity contribution in [3.05, 3.63) is 30.1 Å². The molecule has 2 rings (SSSR count). The van der Waals surface area contributed by atoms with E-state index in [0.717, 1.165) is 32.2 Å². The van der Waals surface area contributed by atoms with Crippen molar-refractivity contribution in [1.29, 1.82) is 0 Å². The van der Waals surface area contributed by atoms with Crippen LogP contribution >= 0.6 is 11.8 Å². The summed E-state index contributed by atoms with van der Waals surface area (Å²) in [5.41, 5.74) is 5.85. The maximum absolute atomic E-state index is 13.1. The molecule has 0 radical (unpaired) electrons. The van der Waals surface area contributed by atoms with Gasteiger partial charge in [0, 0.05) is 47.8 Å². The van der Waals surface area contributed by atoms with Crippen molar-refractivity contribution >= 4 is 29.7 Å². The second-order valence-corrected chi connectivity index (χ2v) is 7.88. The average Bonchev–Trinajstić information content (AvgIpc) is 2.73. The number of hydrogen-bond donors (Lipinski definition) is 3. The third kappa shape index (κ3) is 6.71.